The van der Waals surface area contributed by atoms with Crippen molar-refractivity contribution in [3.8, 4) is 5.75 Å². The summed E-state index contributed by atoms with van der Waals surface area (Å²) in [5, 5.41) is 14.0. The van der Waals surface area contributed by atoms with Gasteiger partial charge in [0.1, 0.15) is 11.4 Å². The fourth-order valence-electron chi connectivity index (χ4n) is 1.81. The van der Waals surface area contributed by atoms with Gasteiger partial charge in [-0.15, -0.1) is 0 Å². The highest BCUT2D eigenvalue weighted by Crippen LogP contribution is 2.28. The summed E-state index contributed by atoms with van der Waals surface area (Å²) in [5.74, 6) is 0.580. The molecule has 6 heteroatoms. The molecule has 0 saturated carbocycles. The molecule has 0 amide bonds. The summed E-state index contributed by atoms with van der Waals surface area (Å²) >= 11 is 0. The van der Waals surface area contributed by atoms with Gasteiger partial charge in [0.15, 0.2) is 0 Å². The van der Waals surface area contributed by atoms with Crippen molar-refractivity contribution >= 4 is 11.4 Å². The third-order valence-corrected chi connectivity index (χ3v) is 2.82. The molecule has 2 aromatic rings. The molecular weight excluding hydrogens is 258 g/mol. The van der Waals surface area contributed by atoms with Crippen molar-refractivity contribution in [1.29, 1.82) is 0 Å². The first-order chi connectivity index (χ1) is 9.70. The summed E-state index contributed by atoms with van der Waals surface area (Å²) in [6, 6.07) is 10.3. The number of aromatic nitrogens is 1. The van der Waals surface area contributed by atoms with Crippen molar-refractivity contribution in [1.82, 2.24) is 4.98 Å². The number of hydrogen-bond acceptors (Lipinski definition) is 5. The number of benzene rings is 1. The smallest absolute Gasteiger partial charge is 0.292 e. The van der Waals surface area contributed by atoms with E-state index in [1.54, 1.807) is 18.3 Å². The number of anilines is 1. The van der Waals surface area contributed by atoms with Gasteiger partial charge < -0.3 is 10.1 Å². The Morgan fingerprint density at radius 3 is 2.85 bits per heavy atom. The molecule has 0 atom stereocenters. The van der Waals surface area contributed by atoms with Gasteiger partial charge in [0.2, 0.25) is 0 Å². The highest BCUT2D eigenvalue weighted by Gasteiger charge is 2.14. The third kappa shape index (κ3) is 3.44. The van der Waals surface area contributed by atoms with E-state index < -0.39 is 4.92 Å². The molecule has 1 aromatic heterocycles. The molecule has 1 heterocycles. The monoisotopic (exact) mass is 273 g/mol. The number of nitrogens with one attached hydrogen (secondary N) is 1. The number of ether oxygens (including phenoxy) is 1. The van der Waals surface area contributed by atoms with E-state index in [9.17, 15) is 10.1 Å². The van der Waals surface area contributed by atoms with Crippen LogP contribution in [-0.2, 0) is 6.42 Å². The van der Waals surface area contributed by atoms with Crippen molar-refractivity contribution in [3.05, 3.63) is 58.4 Å². The zero-order chi connectivity index (χ0) is 14.4. The number of nitro benzene ring substituents is 1. The quantitative estimate of drug-likeness (QED) is 0.646. The molecule has 2 rings (SSSR count). The van der Waals surface area contributed by atoms with Crippen LogP contribution in [0.25, 0.3) is 0 Å². The van der Waals surface area contributed by atoms with Crippen LogP contribution in [0.3, 0.4) is 0 Å². The van der Waals surface area contributed by atoms with Gasteiger partial charge in [0.05, 0.1) is 12.0 Å². The van der Waals surface area contributed by atoms with Crippen LogP contribution >= 0.6 is 0 Å². The molecule has 1 N–H and O–H groups in total. The Labute approximate surface area is 116 Å². The molecule has 0 bridgehead atoms. The first-order valence-electron chi connectivity index (χ1n) is 6.17. The van der Waals surface area contributed by atoms with E-state index in [4.69, 9.17) is 4.74 Å². The Bertz CT molecular complexity index is 587. The van der Waals surface area contributed by atoms with E-state index in [2.05, 4.69) is 10.3 Å². The molecule has 20 heavy (non-hydrogen) atoms. The fourth-order valence-corrected chi connectivity index (χ4v) is 1.81. The second kappa shape index (κ2) is 6.51. The van der Waals surface area contributed by atoms with Crippen LogP contribution in [0, 0.1) is 10.1 Å². The Morgan fingerprint density at radius 1 is 1.35 bits per heavy atom. The van der Waals surface area contributed by atoms with Crippen molar-refractivity contribution < 1.29 is 9.66 Å². The molecule has 0 aliphatic heterocycles. The second-order valence-corrected chi connectivity index (χ2v) is 4.14. The lowest BCUT2D eigenvalue weighted by atomic mass is 10.2. The maximum Gasteiger partial charge on any atom is 0.292 e. The largest absolute Gasteiger partial charge is 0.497 e. The summed E-state index contributed by atoms with van der Waals surface area (Å²) in [4.78, 5) is 14.8. The number of hydrogen-bond donors (Lipinski definition) is 1. The average Bonchev–Trinajstić information content (AvgIpc) is 2.48. The van der Waals surface area contributed by atoms with Crippen molar-refractivity contribution in [2.45, 2.75) is 6.42 Å². The summed E-state index contributed by atoms with van der Waals surface area (Å²) in [5.41, 5.74) is 1.42. The van der Waals surface area contributed by atoms with Crippen LogP contribution in [0.2, 0.25) is 0 Å². The average molecular weight is 273 g/mol. The predicted molar refractivity (Wildman–Crippen MR) is 76.1 cm³/mol. The molecule has 0 aliphatic carbocycles. The molecule has 0 radical (unpaired) electrons. The van der Waals surface area contributed by atoms with Gasteiger partial charge in [-0.3, -0.25) is 15.1 Å². The zero-order valence-electron chi connectivity index (χ0n) is 11.1. The lowest BCUT2D eigenvalue weighted by molar-refractivity contribution is -0.384. The van der Waals surface area contributed by atoms with Crippen LogP contribution < -0.4 is 10.1 Å². The van der Waals surface area contributed by atoms with E-state index in [0.29, 0.717) is 24.4 Å². The van der Waals surface area contributed by atoms with E-state index in [1.165, 1.54) is 13.2 Å². The number of nitro groups is 1. The summed E-state index contributed by atoms with van der Waals surface area (Å²) < 4.78 is 5.08. The molecule has 0 spiro atoms. The Morgan fingerprint density at radius 2 is 2.20 bits per heavy atom. The van der Waals surface area contributed by atoms with Crippen molar-refractivity contribution in [3.63, 3.8) is 0 Å². The molecule has 0 unspecified atom stereocenters. The van der Waals surface area contributed by atoms with Gasteiger partial charge in [-0.2, -0.15) is 0 Å². The first kappa shape index (κ1) is 13.8. The van der Waals surface area contributed by atoms with Gasteiger partial charge in [-0.1, -0.05) is 6.07 Å². The van der Waals surface area contributed by atoms with Crippen molar-refractivity contribution in [2.24, 2.45) is 0 Å². The Kier molecular flexibility index (Phi) is 4.49. The highest BCUT2D eigenvalue weighted by molar-refractivity contribution is 5.64. The van der Waals surface area contributed by atoms with Crippen molar-refractivity contribution in [2.75, 3.05) is 19.0 Å². The minimum absolute atomic E-state index is 0.0341. The Hall–Kier alpha value is -2.63. The standard InChI is InChI=1S/C14H15N3O3/c1-20-12-5-6-14(17(18)19)13(10-12)16-9-7-11-4-2-3-8-15-11/h2-6,8,10,16H,7,9H2,1H3. The van der Waals surface area contributed by atoms with Gasteiger partial charge in [0.25, 0.3) is 5.69 Å². The van der Waals surface area contributed by atoms with Crippen LogP contribution in [-0.4, -0.2) is 23.6 Å². The van der Waals surface area contributed by atoms with Gasteiger partial charge >= 0.3 is 0 Å². The number of pyridine rings is 1. The zero-order valence-corrected chi connectivity index (χ0v) is 11.1. The van der Waals surface area contributed by atoms with Crippen LogP contribution in [0.1, 0.15) is 5.69 Å². The minimum atomic E-state index is -0.414. The van der Waals surface area contributed by atoms with Gasteiger partial charge in [-0.25, -0.2) is 0 Å². The summed E-state index contributed by atoms with van der Waals surface area (Å²) in [7, 11) is 1.53. The fraction of sp³-hybridized carbons (Fsp3) is 0.214. The van der Waals surface area contributed by atoms with Crippen LogP contribution in [0.5, 0.6) is 5.75 Å². The third-order valence-electron chi connectivity index (χ3n) is 2.82. The van der Waals surface area contributed by atoms with Gasteiger partial charge in [-0.05, 0) is 18.2 Å². The van der Waals surface area contributed by atoms with Crippen LogP contribution in [0.15, 0.2) is 42.6 Å². The topological polar surface area (TPSA) is 77.3 Å². The molecule has 104 valence electrons. The summed E-state index contributed by atoms with van der Waals surface area (Å²) in [6.45, 7) is 0.561. The molecule has 0 fully saturated rings. The van der Waals surface area contributed by atoms with E-state index in [-0.39, 0.29) is 5.69 Å². The first-order valence-corrected chi connectivity index (χ1v) is 6.17. The maximum atomic E-state index is 11.0. The maximum absolute atomic E-state index is 11.0. The lowest BCUT2D eigenvalue weighted by Crippen LogP contribution is -2.07. The van der Waals surface area contributed by atoms with E-state index >= 15 is 0 Å². The minimum Gasteiger partial charge on any atom is -0.497 e. The van der Waals surface area contributed by atoms with E-state index in [0.717, 1.165) is 5.69 Å². The van der Waals surface area contributed by atoms with Gasteiger partial charge in [0, 0.05) is 37.0 Å². The molecule has 0 aliphatic rings. The normalized spacial score (nSPS) is 10.1. The molecular formula is C14H15N3O3. The molecule has 1 aromatic carbocycles. The van der Waals surface area contributed by atoms with E-state index in [1.807, 2.05) is 18.2 Å². The second-order valence-electron chi connectivity index (χ2n) is 4.14. The summed E-state index contributed by atoms with van der Waals surface area (Å²) in [6.07, 6.45) is 2.42. The predicted octanol–water partition coefficient (Wildman–Crippen LogP) is 2.65. The SMILES string of the molecule is COc1ccc([N+](=O)[O-])c(NCCc2ccccn2)c1. The Balaban J connectivity index is 2.06. The lowest BCUT2D eigenvalue weighted by Gasteiger charge is -2.08. The number of nitrogens with zero attached hydrogens (tertiary/aromatic N) is 2. The molecule has 6 nitrogen and oxygen atoms in total. The highest BCUT2D eigenvalue weighted by atomic mass is 16.6. The van der Waals surface area contributed by atoms with Crippen LogP contribution in [0.4, 0.5) is 11.4 Å². The molecule has 0 saturated heterocycles. The number of rotatable bonds is 6. The number of methoxy groups -OCH3 is 1.